The maximum atomic E-state index is 5.66. The van der Waals surface area contributed by atoms with Gasteiger partial charge in [-0.25, -0.2) is 4.98 Å². The molecule has 0 radical (unpaired) electrons. The third-order valence-corrected chi connectivity index (χ3v) is 3.63. The molecule has 0 amide bonds. The highest BCUT2D eigenvalue weighted by Gasteiger charge is 2.10. The van der Waals surface area contributed by atoms with E-state index in [1.165, 1.54) is 6.33 Å². The van der Waals surface area contributed by atoms with E-state index in [9.17, 15) is 0 Å². The zero-order chi connectivity index (χ0) is 22.8. The zero-order valence-corrected chi connectivity index (χ0v) is 18.6. The lowest BCUT2D eigenvalue weighted by Gasteiger charge is -2.14. The Kier molecular flexibility index (Phi) is 14.7. The number of nitrogens with one attached hydrogen (secondary N) is 2. The number of nitrogens with zero attached hydrogens (tertiary/aromatic N) is 3. The molecule has 7 heteroatoms. The molecule has 0 saturated carbocycles. The second-order valence-electron chi connectivity index (χ2n) is 6.07. The van der Waals surface area contributed by atoms with Crippen molar-refractivity contribution in [3.05, 3.63) is 54.1 Å². The molecule has 2 rings (SSSR count). The fourth-order valence-corrected chi connectivity index (χ4v) is 2.62. The largest absolute Gasteiger partial charge is 0.494 e. The maximum Gasteiger partial charge on any atom is 0.155 e. The van der Waals surface area contributed by atoms with Crippen molar-refractivity contribution in [2.24, 2.45) is 11.0 Å². The van der Waals surface area contributed by atoms with E-state index in [1.54, 1.807) is 14.2 Å². The predicted octanol–water partition coefficient (Wildman–Crippen LogP) is 4.69. The highest BCUT2D eigenvalue weighted by molar-refractivity contribution is 5.64. The van der Waals surface area contributed by atoms with Crippen LogP contribution in [0.25, 0.3) is 11.4 Å². The number of benzene rings is 1. The van der Waals surface area contributed by atoms with E-state index in [2.05, 4.69) is 69.1 Å². The van der Waals surface area contributed by atoms with E-state index in [-0.39, 0.29) is 5.92 Å². The predicted molar refractivity (Wildman–Crippen MR) is 125 cm³/mol. The number of anilines is 1. The number of terminal acetylenes is 1. The first-order chi connectivity index (χ1) is 14.6. The molecule has 7 nitrogen and oxygen atoms in total. The van der Waals surface area contributed by atoms with Crippen LogP contribution in [0.3, 0.4) is 0 Å². The summed E-state index contributed by atoms with van der Waals surface area (Å²) in [5.74, 6) is 1.92. The van der Waals surface area contributed by atoms with Crippen molar-refractivity contribution in [3.63, 3.8) is 0 Å². The number of ether oxygens (including phenoxy) is 2. The summed E-state index contributed by atoms with van der Waals surface area (Å²) in [6, 6.07) is 6.05. The van der Waals surface area contributed by atoms with Crippen LogP contribution in [0, 0.1) is 18.8 Å². The minimum absolute atomic E-state index is 0.285. The second kappa shape index (κ2) is 16.6. The molecule has 0 aliphatic rings. The summed E-state index contributed by atoms with van der Waals surface area (Å²) >= 11 is 0. The highest BCUT2D eigenvalue weighted by atomic mass is 16.5. The molecule has 1 heterocycles. The minimum atomic E-state index is 0.285. The number of H-pyrrole nitrogens is 1. The molecule has 1 aromatic heterocycles. The highest BCUT2D eigenvalue weighted by Crippen LogP contribution is 2.26. The van der Waals surface area contributed by atoms with Crippen LogP contribution in [0.1, 0.15) is 26.3 Å². The summed E-state index contributed by atoms with van der Waals surface area (Å²) in [4.78, 5) is 4.22. The lowest BCUT2D eigenvalue weighted by Crippen LogP contribution is -2.03. The standard InChI is InChI=1S/C19H25N5O.C2H6O.C2H2/c1-5-7-17(25-6-2)11-14(3)10-16-12-15(19-21-13-22-24-19)8-9-18(16)23-20-4;1-3-2;1-2/h5,7-9,11-14,23H,4,6,10H2,1-3H3,(H,21,22,24);1-2H3;1-2H/b7-5-,17-11+;;. The zero-order valence-electron chi connectivity index (χ0n) is 18.6. The summed E-state index contributed by atoms with van der Waals surface area (Å²) in [6.45, 7) is 10.3. The van der Waals surface area contributed by atoms with E-state index in [0.717, 1.165) is 34.8 Å². The molecule has 0 saturated heterocycles. The Morgan fingerprint density at radius 2 is 2.07 bits per heavy atom. The van der Waals surface area contributed by atoms with E-state index in [1.807, 2.05) is 38.1 Å². The molecular formula is C23H33N5O2. The molecule has 2 N–H and O–H groups in total. The molecule has 0 aliphatic carbocycles. The summed E-state index contributed by atoms with van der Waals surface area (Å²) in [5, 5.41) is 10.6. The SMILES string of the molecule is C#C.C=NNc1ccc(-c2ncn[nH]2)cc1CC(C)/C=C(\C=C/C)OCC.COC. The molecule has 162 valence electrons. The van der Waals surface area contributed by atoms with Crippen LogP contribution in [0.2, 0.25) is 0 Å². The maximum absolute atomic E-state index is 5.66. The first-order valence-electron chi connectivity index (χ1n) is 9.50. The van der Waals surface area contributed by atoms with Gasteiger partial charge >= 0.3 is 0 Å². The molecule has 2 aromatic rings. The van der Waals surface area contributed by atoms with Gasteiger partial charge in [-0.1, -0.05) is 13.0 Å². The number of aromatic amines is 1. The van der Waals surface area contributed by atoms with E-state index >= 15 is 0 Å². The van der Waals surface area contributed by atoms with Gasteiger partial charge in [0.05, 0.1) is 12.3 Å². The van der Waals surface area contributed by atoms with Crippen LogP contribution in [0.5, 0.6) is 0 Å². The van der Waals surface area contributed by atoms with Gasteiger partial charge in [0, 0.05) is 26.5 Å². The number of aromatic nitrogens is 3. The first kappa shape index (κ1) is 26.6. The van der Waals surface area contributed by atoms with Crippen molar-refractivity contribution < 1.29 is 9.47 Å². The van der Waals surface area contributed by atoms with Gasteiger partial charge in [0.25, 0.3) is 0 Å². The Morgan fingerprint density at radius 1 is 1.37 bits per heavy atom. The van der Waals surface area contributed by atoms with Crippen LogP contribution in [0.4, 0.5) is 5.69 Å². The van der Waals surface area contributed by atoms with Gasteiger partial charge in [-0.05, 0) is 62.1 Å². The lowest BCUT2D eigenvalue weighted by atomic mass is 9.97. The quantitative estimate of drug-likeness (QED) is 0.206. The molecule has 0 fully saturated rings. The fourth-order valence-electron chi connectivity index (χ4n) is 2.62. The van der Waals surface area contributed by atoms with Crippen molar-refractivity contribution in [2.75, 3.05) is 26.3 Å². The van der Waals surface area contributed by atoms with Crippen molar-refractivity contribution in [1.29, 1.82) is 0 Å². The van der Waals surface area contributed by atoms with Gasteiger partial charge in [-0.3, -0.25) is 10.5 Å². The lowest BCUT2D eigenvalue weighted by molar-refractivity contribution is 0.239. The van der Waals surface area contributed by atoms with Gasteiger partial charge < -0.3 is 9.47 Å². The smallest absolute Gasteiger partial charge is 0.155 e. The summed E-state index contributed by atoms with van der Waals surface area (Å²) in [6.07, 6.45) is 16.4. The fraction of sp³-hybridized carbons (Fsp3) is 0.348. The van der Waals surface area contributed by atoms with Crippen molar-refractivity contribution in [1.82, 2.24) is 15.2 Å². The van der Waals surface area contributed by atoms with Gasteiger partial charge in [0.15, 0.2) is 5.82 Å². The molecule has 0 aliphatic heterocycles. The molecule has 30 heavy (non-hydrogen) atoms. The summed E-state index contributed by atoms with van der Waals surface area (Å²) < 4.78 is 9.91. The number of allylic oxidation sites excluding steroid dienone is 3. The van der Waals surface area contributed by atoms with Gasteiger partial charge in [-0.2, -0.15) is 10.2 Å². The molecule has 1 unspecified atom stereocenters. The summed E-state index contributed by atoms with van der Waals surface area (Å²) in [5.41, 5.74) is 6.00. The number of methoxy groups -OCH3 is 1. The number of hydrogen-bond acceptors (Lipinski definition) is 6. The van der Waals surface area contributed by atoms with Crippen molar-refractivity contribution in [3.8, 4) is 24.2 Å². The second-order valence-corrected chi connectivity index (χ2v) is 6.07. The average Bonchev–Trinajstić information content (AvgIpc) is 3.27. The van der Waals surface area contributed by atoms with E-state index < -0.39 is 0 Å². The third-order valence-electron chi connectivity index (χ3n) is 3.63. The van der Waals surface area contributed by atoms with Gasteiger partial charge in [0.1, 0.15) is 12.1 Å². The van der Waals surface area contributed by atoms with Crippen molar-refractivity contribution >= 4 is 12.4 Å². The molecule has 0 bridgehead atoms. The van der Waals surface area contributed by atoms with E-state index in [4.69, 9.17) is 4.74 Å². The van der Waals surface area contributed by atoms with Crippen LogP contribution >= 0.6 is 0 Å². The van der Waals surface area contributed by atoms with E-state index in [0.29, 0.717) is 6.61 Å². The van der Waals surface area contributed by atoms with Gasteiger partial charge in [0.2, 0.25) is 0 Å². The molecular weight excluding hydrogens is 378 g/mol. The molecule has 1 aromatic carbocycles. The van der Waals surface area contributed by atoms with Crippen LogP contribution < -0.4 is 5.43 Å². The molecule has 0 spiro atoms. The van der Waals surface area contributed by atoms with Crippen LogP contribution in [0.15, 0.2) is 53.6 Å². The number of hydrogen-bond donors (Lipinski definition) is 2. The number of rotatable bonds is 9. The first-order valence-corrected chi connectivity index (χ1v) is 9.50. The van der Waals surface area contributed by atoms with Gasteiger partial charge in [-0.15, -0.1) is 12.8 Å². The number of hydrazone groups is 1. The van der Waals surface area contributed by atoms with Crippen molar-refractivity contribution in [2.45, 2.75) is 27.2 Å². The Labute approximate surface area is 180 Å². The molecule has 1 atom stereocenters. The Hall–Kier alpha value is -3.37. The topological polar surface area (TPSA) is 84.4 Å². The Morgan fingerprint density at radius 3 is 2.60 bits per heavy atom. The normalized spacial score (nSPS) is 11.5. The third kappa shape index (κ3) is 9.71. The van der Waals surface area contributed by atoms with Crippen LogP contribution in [-0.4, -0.2) is 42.7 Å². The van der Waals surface area contributed by atoms with Crippen LogP contribution in [-0.2, 0) is 15.9 Å². The Bertz CT molecular complexity index is 795. The minimum Gasteiger partial charge on any atom is -0.494 e. The average molecular weight is 412 g/mol. The Balaban J connectivity index is 0.00000154. The summed E-state index contributed by atoms with van der Waals surface area (Å²) in [7, 11) is 3.25. The monoisotopic (exact) mass is 411 g/mol.